The SMILES string of the molecule is CCCOc1cccnc1N1CCN(C(CC)CN)CC1. The Hall–Kier alpha value is -1.33. The van der Waals surface area contributed by atoms with E-state index in [1.165, 1.54) is 0 Å². The van der Waals surface area contributed by atoms with Gasteiger partial charge in [0, 0.05) is 45.0 Å². The number of nitrogens with two attached hydrogens (primary N) is 1. The summed E-state index contributed by atoms with van der Waals surface area (Å²) in [6.45, 7) is 9.85. The van der Waals surface area contributed by atoms with Crippen LogP contribution in [0.1, 0.15) is 26.7 Å². The third-order valence-corrected chi connectivity index (χ3v) is 4.09. The van der Waals surface area contributed by atoms with Crippen LogP contribution in [0.2, 0.25) is 0 Å². The maximum atomic E-state index is 5.85. The van der Waals surface area contributed by atoms with Crippen molar-refractivity contribution < 1.29 is 4.74 Å². The fourth-order valence-corrected chi connectivity index (χ4v) is 2.82. The smallest absolute Gasteiger partial charge is 0.171 e. The van der Waals surface area contributed by atoms with Gasteiger partial charge in [0.05, 0.1) is 6.61 Å². The Labute approximate surface area is 128 Å². The predicted molar refractivity (Wildman–Crippen MR) is 86.9 cm³/mol. The first-order valence-electron chi connectivity index (χ1n) is 8.07. The van der Waals surface area contributed by atoms with Gasteiger partial charge in [0.15, 0.2) is 11.6 Å². The third kappa shape index (κ3) is 4.08. The van der Waals surface area contributed by atoms with Gasteiger partial charge in [-0.3, -0.25) is 4.90 Å². The van der Waals surface area contributed by atoms with Gasteiger partial charge in [-0.1, -0.05) is 13.8 Å². The molecule has 2 N–H and O–H groups in total. The number of nitrogens with zero attached hydrogens (tertiary/aromatic N) is 3. The monoisotopic (exact) mass is 292 g/mol. The van der Waals surface area contributed by atoms with E-state index in [9.17, 15) is 0 Å². The molecule has 5 heteroatoms. The van der Waals surface area contributed by atoms with E-state index in [0.29, 0.717) is 6.04 Å². The Morgan fingerprint density at radius 2 is 2.05 bits per heavy atom. The van der Waals surface area contributed by atoms with Crippen LogP contribution < -0.4 is 15.4 Å². The summed E-state index contributed by atoms with van der Waals surface area (Å²) >= 11 is 0. The molecule has 1 aliphatic rings. The average molecular weight is 292 g/mol. The molecule has 0 radical (unpaired) electrons. The molecule has 0 spiro atoms. The largest absolute Gasteiger partial charge is 0.490 e. The van der Waals surface area contributed by atoms with Crippen LogP contribution in [0, 0.1) is 0 Å². The van der Waals surface area contributed by atoms with Crippen LogP contribution in [0.25, 0.3) is 0 Å². The predicted octanol–water partition coefficient (Wildman–Crippen LogP) is 1.73. The molecule has 0 aliphatic carbocycles. The highest BCUT2D eigenvalue weighted by Crippen LogP contribution is 2.26. The molecule has 1 atom stereocenters. The Morgan fingerprint density at radius 1 is 1.29 bits per heavy atom. The van der Waals surface area contributed by atoms with Crippen molar-refractivity contribution in [1.29, 1.82) is 0 Å². The number of ether oxygens (including phenoxy) is 1. The second-order valence-electron chi connectivity index (χ2n) is 5.49. The van der Waals surface area contributed by atoms with Crippen LogP contribution >= 0.6 is 0 Å². The van der Waals surface area contributed by atoms with Crippen molar-refractivity contribution in [3.8, 4) is 5.75 Å². The van der Waals surface area contributed by atoms with Crippen LogP contribution in [-0.2, 0) is 0 Å². The molecule has 1 aliphatic heterocycles. The molecule has 118 valence electrons. The quantitative estimate of drug-likeness (QED) is 0.829. The Morgan fingerprint density at radius 3 is 2.67 bits per heavy atom. The molecule has 1 aromatic rings. The van der Waals surface area contributed by atoms with Crippen LogP contribution in [0.3, 0.4) is 0 Å². The van der Waals surface area contributed by atoms with Gasteiger partial charge < -0.3 is 15.4 Å². The number of rotatable bonds is 7. The summed E-state index contributed by atoms with van der Waals surface area (Å²) in [5.41, 5.74) is 5.85. The highest BCUT2D eigenvalue weighted by Gasteiger charge is 2.24. The van der Waals surface area contributed by atoms with Crippen LogP contribution in [0.4, 0.5) is 5.82 Å². The number of piperazine rings is 1. The zero-order chi connectivity index (χ0) is 15.1. The fraction of sp³-hybridized carbons (Fsp3) is 0.688. The van der Waals surface area contributed by atoms with Gasteiger partial charge in [-0.05, 0) is 25.0 Å². The summed E-state index contributed by atoms with van der Waals surface area (Å²) in [6, 6.07) is 4.46. The summed E-state index contributed by atoms with van der Waals surface area (Å²) in [5.74, 6) is 1.88. The highest BCUT2D eigenvalue weighted by atomic mass is 16.5. The van der Waals surface area contributed by atoms with Gasteiger partial charge >= 0.3 is 0 Å². The van der Waals surface area contributed by atoms with E-state index < -0.39 is 0 Å². The lowest BCUT2D eigenvalue weighted by molar-refractivity contribution is 0.183. The van der Waals surface area contributed by atoms with E-state index in [1.807, 2.05) is 18.3 Å². The van der Waals surface area contributed by atoms with E-state index in [4.69, 9.17) is 10.5 Å². The minimum absolute atomic E-state index is 0.506. The van der Waals surface area contributed by atoms with E-state index in [2.05, 4.69) is 28.6 Å². The summed E-state index contributed by atoms with van der Waals surface area (Å²) < 4.78 is 5.82. The van der Waals surface area contributed by atoms with Crippen molar-refractivity contribution in [2.45, 2.75) is 32.7 Å². The maximum Gasteiger partial charge on any atom is 0.171 e. The van der Waals surface area contributed by atoms with Crippen LogP contribution in [0.5, 0.6) is 5.75 Å². The standard InChI is InChI=1S/C16H28N4O/c1-3-12-21-15-6-5-7-18-16(15)20-10-8-19(9-11-20)14(4-2)13-17/h5-7,14H,3-4,8-13,17H2,1-2H3. The van der Waals surface area contributed by atoms with Crippen molar-refractivity contribution >= 4 is 5.82 Å². The molecule has 5 nitrogen and oxygen atoms in total. The molecule has 1 fully saturated rings. The first kappa shape index (κ1) is 16.0. The molecule has 0 saturated carbocycles. The molecular formula is C16H28N4O. The molecule has 0 amide bonds. The fourth-order valence-electron chi connectivity index (χ4n) is 2.82. The molecular weight excluding hydrogens is 264 g/mol. The number of hydrogen-bond donors (Lipinski definition) is 1. The molecule has 0 bridgehead atoms. The number of aromatic nitrogens is 1. The molecule has 1 aromatic heterocycles. The molecule has 1 saturated heterocycles. The van der Waals surface area contributed by atoms with Crippen molar-refractivity contribution in [2.75, 3.05) is 44.2 Å². The number of anilines is 1. The normalized spacial score (nSPS) is 17.8. The maximum absolute atomic E-state index is 5.85. The van der Waals surface area contributed by atoms with E-state index in [-0.39, 0.29) is 0 Å². The number of hydrogen-bond acceptors (Lipinski definition) is 5. The van der Waals surface area contributed by atoms with Gasteiger partial charge in [0.2, 0.25) is 0 Å². The van der Waals surface area contributed by atoms with Gasteiger partial charge in [0.1, 0.15) is 0 Å². The van der Waals surface area contributed by atoms with Gasteiger partial charge in [-0.25, -0.2) is 4.98 Å². The lowest BCUT2D eigenvalue weighted by Gasteiger charge is -2.39. The van der Waals surface area contributed by atoms with Crippen molar-refractivity contribution in [1.82, 2.24) is 9.88 Å². The van der Waals surface area contributed by atoms with E-state index >= 15 is 0 Å². The summed E-state index contributed by atoms with van der Waals surface area (Å²) in [6.07, 6.45) is 3.97. The van der Waals surface area contributed by atoms with Crippen molar-refractivity contribution in [3.63, 3.8) is 0 Å². The van der Waals surface area contributed by atoms with Gasteiger partial charge in [-0.15, -0.1) is 0 Å². The highest BCUT2D eigenvalue weighted by molar-refractivity contribution is 5.52. The summed E-state index contributed by atoms with van der Waals surface area (Å²) in [7, 11) is 0. The molecule has 0 aromatic carbocycles. The third-order valence-electron chi connectivity index (χ3n) is 4.09. The van der Waals surface area contributed by atoms with Crippen molar-refractivity contribution in [3.05, 3.63) is 18.3 Å². The molecule has 21 heavy (non-hydrogen) atoms. The first-order valence-corrected chi connectivity index (χ1v) is 8.07. The Balaban J connectivity index is 1.98. The van der Waals surface area contributed by atoms with Crippen LogP contribution in [-0.4, -0.2) is 55.3 Å². The van der Waals surface area contributed by atoms with Gasteiger partial charge in [0.25, 0.3) is 0 Å². The average Bonchev–Trinajstić information content (AvgIpc) is 2.55. The Kier molecular flexibility index (Phi) is 6.26. The minimum atomic E-state index is 0.506. The van der Waals surface area contributed by atoms with E-state index in [1.54, 1.807) is 0 Å². The lowest BCUT2D eigenvalue weighted by atomic mass is 10.1. The van der Waals surface area contributed by atoms with Gasteiger partial charge in [-0.2, -0.15) is 0 Å². The summed E-state index contributed by atoms with van der Waals surface area (Å²) in [4.78, 5) is 9.34. The minimum Gasteiger partial charge on any atom is -0.490 e. The molecule has 1 unspecified atom stereocenters. The number of pyridine rings is 1. The molecule has 2 heterocycles. The second kappa shape index (κ2) is 8.20. The van der Waals surface area contributed by atoms with E-state index in [0.717, 1.165) is 63.7 Å². The summed E-state index contributed by atoms with van der Waals surface area (Å²) in [5, 5.41) is 0. The second-order valence-corrected chi connectivity index (χ2v) is 5.49. The zero-order valence-electron chi connectivity index (χ0n) is 13.3. The lowest BCUT2D eigenvalue weighted by Crippen LogP contribution is -2.52. The molecule has 2 rings (SSSR count). The first-order chi connectivity index (χ1) is 10.3. The zero-order valence-corrected chi connectivity index (χ0v) is 13.3. The van der Waals surface area contributed by atoms with Crippen LogP contribution in [0.15, 0.2) is 18.3 Å². The van der Waals surface area contributed by atoms with Crippen molar-refractivity contribution in [2.24, 2.45) is 5.73 Å². The topological polar surface area (TPSA) is 54.6 Å². The Bertz CT molecular complexity index is 414.